The van der Waals surface area contributed by atoms with Crippen molar-refractivity contribution in [2.75, 3.05) is 14.2 Å². The van der Waals surface area contributed by atoms with Gasteiger partial charge in [0, 0.05) is 23.5 Å². The zero-order chi connectivity index (χ0) is 23.8. The Bertz CT molecular complexity index is 907. The number of amides is 1. The molecule has 0 spiro atoms. The number of esters is 2. The Kier molecular flexibility index (Phi) is 6.41. The molecule has 1 aromatic carbocycles. The summed E-state index contributed by atoms with van der Waals surface area (Å²) in [7, 11) is 2.48. The maximum Gasteiger partial charge on any atom is 0.329 e. The van der Waals surface area contributed by atoms with Crippen molar-refractivity contribution in [2.24, 2.45) is 23.2 Å². The van der Waals surface area contributed by atoms with Crippen LogP contribution in [-0.2, 0) is 23.9 Å². The minimum Gasteiger partial charge on any atom is -0.469 e. The summed E-state index contributed by atoms with van der Waals surface area (Å²) in [6.07, 6.45) is 5.85. The average molecular weight is 459 g/mol. The van der Waals surface area contributed by atoms with E-state index in [-0.39, 0.29) is 18.0 Å². The highest BCUT2D eigenvalue weighted by atomic mass is 16.6. The number of carbonyl (C=O) groups excluding carboxylic acids is 3. The van der Waals surface area contributed by atoms with Gasteiger partial charge in [-0.15, -0.1) is 0 Å². The quantitative estimate of drug-likeness (QED) is 0.360. The van der Waals surface area contributed by atoms with Crippen LogP contribution < -0.4 is 5.32 Å². The van der Waals surface area contributed by atoms with E-state index < -0.39 is 34.2 Å². The minimum atomic E-state index is -1.11. The van der Waals surface area contributed by atoms with E-state index in [9.17, 15) is 24.5 Å². The third kappa shape index (κ3) is 4.58. The molecule has 9 heteroatoms. The molecule has 1 aromatic rings. The number of methoxy groups -OCH3 is 2. The first-order valence-electron chi connectivity index (χ1n) is 11.4. The molecule has 0 unspecified atom stereocenters. The number of rotatable bonds is 8. The highest BCUT2D eigenvalue weighted by molar-refractivity contribution is 5.89. The van der Waals surface area contributed by atoms with E-state index >= 15 is 0 Å². The van der Waals surface area contributed by atoms with Crippen LogP contribution >= 0.6 is 0 Å². The van der Waals surface area contributed by atoms with E-state index in [0.717, 1.165) is 19.3 Å². The molecular formula is C24H30N2O7. The summed E-state index contributed by atoms with van der Waals surface area (Å²) in [5.74, 6) is -0.508. The van der Waals surface area contributed by atoms with E-state index in [2.05, 4.69) is 5.32 Å². The predicted octanol–water partition coefficient (Wildman–Crippen LogP) is 3.12. The molecule has 0 saturated heterocycles. The summed E-state index contributed by atoms with van der Waals surface area (Å²) in [6.45, 7) is 0. The van der Waals surface area contributed by atoms with Crippen LogP contribution in [0, 0.1) is 33.3 Å². The third-order valence-electron chi connectivity index (χ3n) is 7.81. The largest absolute Gasteiger partial charge is 0.469 e. The van der Waals surface area contributed by atoms with Gasteiger partial charge in [-0.3, -0.25) is 19.7 Å². The Labute approximate surface area is 192 Å². The van der Waals surface area contributed by atoms with E-state index in [1.807, 2.05) is 0 Å². The monoisotopic (exact) mass is 458 g/mol. The number of hydrogen-bond donors (Lipinski definition) is 1. The van der Waals surface area contributed by atoms with E-state index in [0.29, 0.717) is 23.3 Å². The van der Waals surface area contributed by atoms with Crippen molar-refractivity contribution in [1.82, 2.24) is 5.32 Å². The fraction of sp³-hybridized carbons (Fsp3) is 0.625. The molecule has 33 heavy (non-hydrogen) atoms. The van der Waals surface area contributed by atoms with Crippen LogP contribution in [0.5, 0.6) is 0 Å². The summed E-state index contributed by atoms with van der Waals surface area (Å²) in [5, 5.41) is 14.0. The van der Waals surface area contributed by atoms with Gasteiger partial charge in [0.1, 0.15) is 6.04 Å². The Morgan fingerprint density at radius 2 is 1.58 bits per heavy atom. The number of nitrogens with zero attached hydrogens (tertiary/aromatic N) is 1. The van der Waals surface area contributed by atoms with Crippen LogP contribution in [-0.4, -0.2) is 43.0 Å². The van der Waals surface area contributed by atoms with Gasteiger partial charge in [-0.25, -0.2) is 4.79 Å². The lowest BCUT2D eigenvalue weighted by Crippen LogP contribution is -2.57. The summed E-state index contributed by atoms with van der Waals surface area (Å²) >= 11 is 0. The van der Waals surface area contributed by atoms with Crippen LogP contribution in [0.4, 0.5) is 5.69 Å². The predicted molar refractivity (Wildman–Crippen MR) is 117 cm³/mol. The van der Waals surface area contributed by atoms with Gasteiger partial charge in [0.25, 0.3) is 5.69 Å². The molecule has 4 aliphatic rings. The van der Waals surface area contributed by atoms with Crippen molar-refractivity contribution in [3.05, 3.63) is 39.9 Å². The lowest BCUT2D eigenvalue weighted by Gasteiger charge is -2.55. The van der Waals surface area contributed by atoms with Crippen molar-refractivity contribution in [1.29, 1.82) is 0 Å². The van der Waals surface area contributed by atoms with Crippen LogP contribution in [0.2, 0.25) is 0 Å². The number of nitrogens with one attached hydrogen (secondary N) is 1. The van der Waals surface area contributed by atoms with Crippen LogP contribution in [0.15, 0.2) is 24.3 Å². The van der Waals surface area contributed by atoms with Gasteiger partial charge in [0.2, 0.25) is 5.91 Å². The average Bonchev–Trinajstić information content (AvgIpc) is 2.79. The molecule has 1 amide bonds. The highest BCUT2D eigenvalue weighted by Crippen LogP contribution is 2.60. The summed E-state index contributed by atoms with van der Waals surface area (Å²) < 4.78 is 9.82. The molecule has 4 fully saturated rings. The van der Waals surface area contributed by atoms with Crippen molar-refractivity contribution < 1.29 is 28.8 Å². The van der Waals surface area contributed by atoms with Gasteiger partial charge in [-0.1, -0.05) is 12.1 Å². The van der Waals surface area contributed by atoms with Crippen molar-refractivity contribution >= 4 is 23.5 Å². The molecule has 5 rings (SSSR count). The maximum absolute atomic E-state index is 13.6. The highest BCUT2D eigenvalue weighted by Gasteiger charge is 2.55. The summed E-state index contributed by atoms with van der Waals surface area (Å²) in [6, 6.07) is 4.51. The summed E-state index contributed by atoms with van der Waals surface area (Å²) in [4.78, 5) is 49.2. The second-order valence-electron chi connectivity index (χ2n) is 9.91. The first-order valence-corrected chi connectivity index (χ1v) is 11.4. The Hall–Kier alpha value is -2.97. The number of carbonyl (C=O) groups is 3. The lowest BCUT2D eigenvalue weighted by molar-refractivity contribution is -0.384. The van der Waals surface area contributed by atoms with E-state index in [1.54, 1.807) is 0 Å². The number of nitro benzene ring substituents is 1. The molecule has 2 atom stereocenters. The zero-order valence-electron chi connectivity index (χ0n) is 19.0. The van der Waals surface area contributed by atoms with Gasteiger partial charge in [0.15, 0.2) is 0 Å². The second kappa shape index (κ2) is 9.11. The second-order valence-corrected chi connectivity index (χ2v) is 9.91. The molecule has 0 radical (unpaired) electrons. The zero-order valence-corrected chi connectivity index (χ0v) is 19.0. The first-order chi connectivity index (χ1) is 15.7. The lowest BCUT2D eigenvalue weighted by atomic mass is 9.49. The Balaban J connectivity index is 1.62. The number of nitro groups is 1. The summed E-state index contributed by atoms with van der Waals surface area (Å²) in [5.41, 5.74) is -0.0817. The van der Waals surface area contributed by atoms with Crippen molar-refractivity contribution in [2.45, 2.75) is 56.9 Å². The SMILES string of the molecule is COC(=O)C[C@@H](c1ccc([N+](=O)[O-])cc1)[C@@H](NC(=O)C12CC3CC(CC(C3)C1)C2)C(=O)OC. The molecule has 4 aliphatic carbocycles. The normalized spacial score (nSPS) is 29.1. The number of benzene rings is 1. The molecule has 0 aromatic heterocycles. The molecule has 0 aliphatic heterocycles. The molecule has 1 N–H and O–H groups in total. The van der Waals surface area contributed by atoms with E-state index in [4.69, 9.17) is 9.47 Å². The topological polar surface area (TPSA) is 125 Å². The van der Waals surface area contributed by atoms with Crippen LogP contribution in [0.1, 0.15) is 56.4 Å². The van der Waals surface area contributed by atoms with Gasteiger partial charge >= 0.3 is 11.9 Å². The third-order valence-corrected chi connectivity index (χ3v) is 7.81. The molecule has 4 saturated carbocycles. The molecule has 9 nitrogen and oxygen atoms in total. The maximum atomic E-state index is 13.6. The van der Waals surface area contributed by atoms with Crippen molar-refractivity contribution in [3.8, 4) is 0 Å². The smallest absolute Gasteiger partial charge is 0.329 e. The standard InChI is InChI=1S/C24H30N2O7/c1-32-20(27)10-19(17-3-5-18(6-4-17)26(30)31)21(22(28)33-2)25-23(29)24-11-14-7-15(12-24)9-16(8-14)13-24/h3-6,14-16,19,21H,7-13H2,1-2H3,(H,25,29)/t14?,15?,16?,19-,21+,24?/m0/s1. The van der Waals surface area contributed by atoms with Gasteiger partial charge in [-0.05, 0) is 61.8 Å². The number of ether oxygens (including phenoxy) is 2. The molecule has 178 valence electrons. The fourth-order valence-corrected chi connectivity index (χ4v) is 6.67. The van der Waals surface area contributed by atoms with Crippen LogP contribution in [0.25, 0.3) is 0 Å². The minimum absolute atomic E-state index is 0.109. The molecular weight excluding hydrogens is 428 g/mol. The van der Waals surface area contributed by atoms with Gasteiger partial charge in [-0.2, -0.15) is 0 Å². The van der Waals surface area contributed by atoms with Crippen molar-refractivity contribution in [3.63, 3.8) is 0 Å². The Morgan fingerprint density at radius 1 is 1.03 bits per heavy atom. The Morgan fingerprint density at radius 3 is 2.03 bits per heavy atom. The fourth-order valence-electron chi connectivity index (χ4n) is 6.67. The number of non-ortho nitro benzene ring substituents is 1. The first kappa shape index (κ1) is 23.2. The number of hydrogen-bond acceptors (Lipinski definition) is 7. The molecule has 4 bridgehead atoms. The van der Waals surface area contributed by atoms with E-state index in [1.165, 1.54) is 57.7 Å². The molecule has 0 heterocycles. The van der Waals surface area contributed by atoms with Crippen LogP contribution in [0.3, 0.4) is 0 Å². The van der Waals surface area contributed by atoms with Gasteiger partial charge < -0.3 is 14.8 Å². The van der Waals surface area contributed by atoms with Gasteiger partial charge in [0.05, 0.1) is 25.6 Å².